The third-order valence-corrected chi connectivity index (χ3v) is 1.96. The summed E-state index contributed by atoms with van der Waals surface area (Å²) < 4.78 is 0. The lowest BCUT2D eigenvalue weighted by Crippen LogP contribution is -2.44. The smallest absolute Gasteiger partial charge is 0.225 e. The molecule has 4 nitrogen and oxygen atoms in total. The Morgan fingerprint density at radius 1 is 1.27 bits per heavy atom. The average molecular weight is 208 g/mol. The molecule has 0 fully saturated rings. The topological polar surface area (TPSA) is 55.0 Å². The van der Waals surface area contributed by atoms with Crippen molar-refractivity contribution >= 4 is 5.95 Å². The van der Waals surface area contributed by atoms with E-state index in [9.17, 15) is 0 Å². The highest BCUT2D eigenvalue weighted by Gasteiger charge is 2.16. The Kier molecular flexibility index (Phi) is 3.29. The lowest BCUT2D eigenvalue weighted by molar-refractivity contribution is 0.515. The molecule has 0 amide bonds. The Bertz CT molecular complexity index is 321. The second-order valence-corrected chi connectivity index (χ2v) is 4.80. The summed E-state index contributed by atoms with van der Waals surface area (Å²) in [6.45, 7) is 8.66. The van der Waals surface area contributed by atoms with Gasteiger partial charge in [-0.25, -0.2) is 9.97 Å². The van der Waals surface area contributed by atoms with Crippen LogP contribution in [0.1, 0.15) is 25.2 Å². The summed E-state index contributed by atoms with van der Waals surface area (Å²) in [4.78, 5) is 10.7. The van der Waals surface area contributed by atoms with E-state index in [4.69, 9.17) is 5.73 Å². The molecule has 84 valence electrons. The lowest BCUT2D eigenvalue weighted by atomic mass is 10.1. The fourth-order valence-corrected chi connectivity index (χ4v) is 1.56. The number of anilines is 1. The van der Waals surface area contributed by atoms with Crippen LogP contribution in [0.2, 0.25) is 0 Å². The van der Waals surface area contributed by atoms with Crippen LogP contribution in [0, 0.1) is 13.8 Å². The summed E-state index contributed by atoms with van der Waals surface area (Å²) in [6.07, 6.45) is 0. The summed E-state index contributed by atoms with van der Waals surface area (Å²) in [5.74, 6) is 0.742. The van der Waals surface area contributed by atoms with Crippen LogP contribution in [-0.2, 0) is 0 Å². The van der Waals surface area contributed by atoms with Gasteiger partial charge in [-0.15, -0.1) is 0 Å². The normalized spacial score (nSPS) is 11.6. The van der Waals surface area contributed by atoms with Gasteiger partial charge in [0.1, 0.15) is 0 Å². The molecule has 2 N–H and O–H groups in total. The van der Waals surface area contributed by atoms with Gasteiger partial charge in [0.2, 0.25) is 5.95 Å². The van der Waals surface area contributed by atoms with Crippen molar-refractivity contribution < 1.29 is 0 Å². The summed E-state index contributed by atoms with van der Waals surface area (Å²) in [7, 11) is 1.96. The van der Waals surface area contributed by atoms with Crippen LogP contribution in [0.25, 0.3) is 0 Å². The fraction of sp³-hybridized carbons (Fsp3) is 0.636. The van der Waals surface area contributed by atoms with Crippen LogP contribution in [-0.4, -0.2) is 29.1 Å². The summed E-state index contributed by atoms with van der Waals surface area (Å²) in [6, 6.07) is 1.96. The molecule has 0 saturated heterocycles. The Hall–Kier alpha value is -1.16. The quantitative estimate of drug-likeness (QED) is 0.812. The zero-order valence-corrected chi connectivity index (χ0v) is 10.2. The van der Waals surface area contributed by atoms with Crippen molar-refractivity contribution in [3.63, 3.8) is 0 Å². The highest BCUT2D eigenvalue weighted by atomic mass is 15.2. The van der Waals surface area contributed by atoms with Gasteiger partial charge in [-0.3, -0.25) is 0 Å². The van der Waals surface area contributed by atoms with E-state index in [1.54, 1.807) is 0 Å². The molecular formula is C11H20N4. The number of rotatable bonds is 3. The number of nitrogens with zero attached hydrogens (tertiary/aromatic N) is 3. The molecule has 1 rings (SSSR count). The highest BCUT2D eigenvalue weighted by Crippen LogP contribution is 2.10. The first-order valence-electron chi connectivity index (χ1n) is 5.10. The molecule has 0 radical (unpaired) electrons. The van der Waals surface area contributed by atoms with E-state index >= 15 is 0 Å². The molecule has 1 aromatic heterocycles. The number of aryl methyl sites for hydroxylation is 2. The van der Waals surface area contributed by atoms with Crippen LogP contribution in [0.5, 0.6) is 0 Å². The van der Waals surface area contributed by atoms with Crippen LogP contribution >= 0.6 is 0 Å². The number of aromatic nitrogens is 2. The lowest BCUT2D eigenvalue weighted by Gasteiger charge is -2.26. The van der Waals surface area contributed by atoms with E-state index in [2.05, 4.69) is 9.97 Å². The number of hydrogen-bond donors (Lipinski definition) is 1. The Balaban J connectivity index is 2.86. The van der Waals surface area contributed by atoms with Crippen molar-refractivity contribution in [2.24, 2.45) is 5.73 Å². The molecule has 0 atom stereocenters. The van der Waals surface area contributed by atoms with Crippen LogP contribution < -0.4 is 10.6 Å². The summed E-state index contributed by atoms with van der Waals surface area (Å²) >= 11 is 0. The van der Waals surface area contributed by atoms with Gasteiger partial charge in [-0.1, -0.05) is 0 Å². The first kappa shape index (κ1) is 11.9. The van der Waals surface area contributed by atoms with Crippen LogP contribution in [0.4, 0.5) is 5.95 Å². The van der Waals surface area contributed by atoms with E-state index in [1.165, 1.54) is 0 Å². The molecular weight excluding hydrogens is 188 g/mol. The summed E-state index contributed by atoms with van der Waals surface area (Å²) in [5, 5.41) is 0. The molecule has 1 aromatic rings. The number of nitrogens with two attached hydrogens (primary N) is 1. The van der Waals surface area contributed by atoms with Crippen LogP contribution in [0.15, 0.2) is 6.07 Å². The largest absolute Gasteiger partial charge is 0.342 e. The zero-order valence-electron chi connectivity index (χ0n) is 10.2. The molecule has 15 heavy (non-hydrogen) atoms. The molecule has 0 aromatic carbocycles. The predicted octanol–water partition coefficient (Wildman–Crippen LogP) is 1.27. The fourth-order valence-electron chi connectivity index (χ4n) is 1.56. The molecule has 0 aliphatic carbocycles. The first-order valence-corrected chi connectivity index (χ1v) is 5.10. The van der Waals surface area contributed by atoms with E-state index < -0.39 is 0 Å². The minimum atomic E-state index is -0.240. The maximum atomic E-state index is 5.95. The van der Waals surface area contributed by atoms with E-state index in [0.29, 0.717) is 0 Å². The third kappa shape index (κ3) is 3.83. The maximum absolute atomic E-state index is 5.95. The molecule has 0 aliphatic heterocycles. The molecule has 0 bridgehead atoms. The highest BCUT2D eigenvalue weighted by molar-refractivity contribution is 5.31. The van der Waals surface area contributed by atoms with Gasteiger partial charge in [-0.05, 0) is 33.8 Å². The number of hydrogen-bond acceptors (Lipinski definition) is 4. The Labute approximate surface area is 91.5 Å². The van der Waals surface area contributed by atoms with Gasteiger partial charge in [0.15, 0.2) is 0 Å². The van der Waals surface area contributed by atoms with Crippen molar-refractivity contribution in [1.82, 2.24) is 9.97 Å². The second-order valence-electron chi connectivity index (χ2n) is 4.80. The van der Waals surface area contributed by atoms with Crippen molar-refractivity contribution in [3.05, 3.63) is 17.5 Å². The molecule has 0 aliphatic rings. The van der Waals surface area contributed by atoms with Crippen LogP contribution in [0.3, 0.4) is 0 Å². The van der Waals surface area contributed by atoms with Gasteiger partial charge in [-0.2, -0.15) is 0 Å². The molecule has 1 heterocycles. The molecule has 0 saturated carbocycles. The zero-order chi connectivity index (χ0) is 11.6. The van der Waals surface area contributed by atoms with Crippen molar-refractivity contribution in [2.45, 2.75) is 33.2 Å². The second kappa shape index (κ2) is 4.14. The van der Waals surface area contributed by atoms with Gasteiger partial charge in [0.05, 0.1) is 0 Å². The van der Waals surface area contributed by atoms with Crippen molar-refractivity contribution in [2.75, 3.05) is 18.5 Å². The standard InChI is InChI=1S/C11H20N4/c1-8-6-9(2)14-10(13-8)15(5)7-11(3,4)12/h6H,7,12H2,1-5H3. The minimum absolute atomic E-state index is 0.240. The van der Waals surface area contributed by atoms with Gasteiger partial charge in [0, 0.05) is 30.5 Å². The number of likely N-dealkylation sites (N-methyl/N-ethyl adjacent to an activating group) is 1. The molecule has 0 unspecified atom stereocenters. The van der Waals surface area contributed by atoms with Gasteiger partial charge < -0.3 is 10.6 Å². The third-order valence-electron chi connectivity index (χ3n) is 1.96. The van der Waals surface area contributed by atoms with E-state index in [1.807, 2.05) is 45.7 Å². The van der Waals surface area contributed by atoms with E-state index in [0.717, 1.165) is 23.9 Å². The first-order chi connectivity index (χ1) is 6.78. The van der Waals surface area contributed by atoms with Gasteiger partial charge >= 0.3 is 0 Å². The van der Waals surface area contributed by atoms with Crippen molar-refractivity contribution in [3.8, 4) is 0 Å². The van der Waals surface area contributed by atoms with Gasteiger partial charge in [0.25, 0.3) is 0 Å². The van der Waals surface area contributed by atoms with Crippen molar-refractivity contribution in [1.29, 1.82) is 0 Å². The molecule has 4 heteroatoms. The Morgan fingerprint density at radius 2 is 1.73 bits per heavy atom. The SMILES string of the molecule is Cc1cc(C)nc(N(C)CC(C)(C)N)n1. The predicted molar refractivity (Wildman–Crippen MR) is 63.0 cm³/mol. The Morgan fingerprint density at radius 3 is 2.13 bits per heavy atom. The average Bonchev–Trinajstić information content (AvgIpc) is 1.98. The summed E-state index contributed by atoms with van der Waals surface area (Å²) in [5.41, 5.74) is 7.68. The maximum Gasteiger partial charge on any atom is 0.225 e. The van der Waals surface area contributed by atoms with E-state index in [-0.39, 0.29) is 5.54 Å². The monoisotopic (exact) mass is 208 g/mol. The minimum Gasteiger partial charge on any atom is -0.342 e. The molecule has 0 spiro atoms.